The number of piperidine rings is 1. The van der Waals surface area contributed by atoms with E-state index in [2.05, 4.69) is 16.3 Å². The fourth-order valence-electron chi connectivity index (χ4n) is 3.68. The molecular formula is C18H26ClN3O2. The highest BCUT2D eigenvalue weighted by atomic mass is 35.5. The van der Waals surface area contributed by atoms with Crippen LogP contribution in [0.25, 0.3) is 0 Å². The molecule has 0 radical (unpaired) electrons. The molecule has 5 nitrogen and oxygen atoms in total. The van der Waals surface area contributed by atoms with E-state index in [9.17, 15) is 4.79 Å². The van der Waals surface area contributed by atoms with E-state index < -0.39 is 0 Å². The average Bonchev–Trinajstić information content (AvgIpc) is 2.92. The lowest BCUT2D eigenvalue weighted by Gasteiger charge is -2.35. The van der Waals surface area contributed by atoms with Crippen LogP contribution >= 0.6 is 11.6 Å². The van der Waals surface area contributed by atoms with Crippen LogP contribution in [0.2, 0.25) is 5.02 Å². The number of methoxy groups -OCH3 is 1. The molecule has 0 saturated carbocycles. The van der Waals surface area contributed by atoms with Crippen molar-refractivity contribution in [2.24, 2.45) is 0 Å². The van der Waals surface area contributed by atoms with Gasteiger partial charge in [-0.25, -0.2) is 4.79 Å². The van der Waals surface area contributed by atoms with E-state index >= 15 is 0 Å². The highest BCUT2D eigenvalue weighted by Crippen LogP contribution is 2.34. The second-order valence-corrected chi connectivity index (χ2v) is 7.13. The van der Waals surface area contributed by atoms with Crippen molar-refractivity contribution in [3.63, 3.8) is 0 Å². The summed E-state index contributed by atoms with van der Waals surface area (Å²) in [5, 5.41) is 4.09. The lowest BCUT2D eigenvalue weighted by atomic mass is 10.00. The Labute approximate surface area is 148 Å². The summed E-state index contributed by atoms with van der Waals surface area (Å²) in [6, 6.07) is 8.35. The number of rotatable bonds is 5. The molecule has 1 aromatic rings. The quantitative estimate of drug-likeness (QED) is 0.887. The van der Waals surface area contributed by atoms with Crippen molar-refractivity contribution < 1.29 is 9.53 Å². The fourth-order valence-corrected chi connectivity index (χ4v) is 3.88. The Bertz CT molecular complexity index is 577. The van der Waals surface area contributed by atoms with E-state index in [4.69, 9.17) is 16.3 Å². The predicted molar refractivity (Wildman–Crippen MR) is 95.4 cm³/mol. The molecule has 2 fully saturated rings. The Morgan fingerprint density at radius 3 is 2.79 bits per heavy atom. The summed E-state index contributed by atoms with van der Waals surface area (Å²) in [6.07, 6.45) is 2.02. The van der Waals surface area contributed by atoms with Gasteiger partial charge in [-0.15, -0.1) is 0 Å². The maximum absolute atomic E-state index is 13.1. The monoisotopic (exact) mass is 351 g/mol. The number of hydrogen-bond acceptors (Lipinski definition) is 3. The molecular weight excluding hydrogens is 326 g/mol. The van der Waals surface area contributed by atoms with Crippen LogP contribution in [0.5, 0.6) is 0 Å². The van der Waals surface area contributed by atoms with Gasteiger partial charge in [-0.3, -0.25) is 0 Å². The van der Waals surface area contributed by atoms with Crippen molar-refractivity contribution >= 4 is 17.6 Å². The van der Waals surface area contributed by atoms with Crippen LogP contribution in [0, 0.1) is 0 Å². The number of urea groups is 1. The minimum absolute atomic E-state index is 0.0296. The third kappa shape index (κ3) is 3.68. The highest BCUT2D eigenvalue weighted by Gasteiger charge is 2.42. The van der Waals surface area contributed by atoms with Crippen molar-refractivity contribution in [2.45, 2.75) is 38.0 Å². The maximum Gasteiger partial charge on any atom is 0.321 e. The van der Waals surface area contributed by atoms with E-state index in [1.165, 1.54) is 0 Å². The standard InChI is InChI=1S/C18H26ClN3O2/c1-13(24-2)11-21-12-17(14-4-3-5-15(19)10-14)22(18(21)23)16-6-8-20-9-7-16/h3-5,10,13,16-17,20H,6-9,11-12H2,1-2H3. The maximum atomic E-state index is 13.1. The van der Waals surface area contributed by atoms with E-state index in [1.54, 1.807) is 7.11 Å². The third-order valence-corrected chi connectivity index (χ3v) is 5.27. The Kier molecular flexibility index (Phi) is 5.64. The van der Waals surface area contributed by atoms with Crippen molar-refractivity contribution in [1.29, 1.82) is 0 Å². The first kappa shape index (κ1) is 17.5. The molecule has 0 spiro atoms. The van der Waals surface area contributed by atoms with Crippen molar-refractivity contribution in [2.75, 3.05) is 33.3 Å². The summed E-state index contributed by atoms with van der Waals surface area (Å²) in [5.41, 5.74) is 1.11. The van der Waals surface area contributed by atoms with Crippen LogP contribution in [-0.4, -0.2) is 61.3 Å². The van der Waals surface area contributed by atoms with Crippen LogP contribution in [0.4, 0.5) is 4.79 Å². The topological polar surface area (TPSA) is 44.8 Å². The molecule has 0 aliphatic carbocycles. The minimum atomic E-state index is 0.0296. The van der Waals surface area contributed by atoms with Crippen molar-refractivity contribution in [1.82, 2.24) is 15.1 Å². The minimum Gasteiger partial charge on any atom is -0.380 e. The van der Waals surface area contributed by atoms with Gasteiger partial charge in [-0.05, 0) is 50.6 Å². The molecule has 2 heterocycles. The number of ether oxygens (including phenoxy) is 1. The van der Waals surface area contributed by atoms with Gasteiger partial charge >= 0.3 is 6.03 Å². The molecule has 3 rings (SSSR count). The van der Waals surface area contributed by atoms with Crippen LogP contribution < -0.4 is 5.32 Å². The lowest BCUT2D eigenvalue weighted by molar-refractivity contribution is 0.0888. The summed E-state index contributed by atoms with van der Waals surface area (Å²) < 4.78 is 5.36. The highest BCUT2D eigenvalue weighted by molar-refractivity contribution is 6.30. The van der Waals surface area contributed by atoms with E-state index in [0.717, 1.165) is 31.5 Å². The van der Waals surface area contributed by atoms with Gasteiger partial charge in [-0.1, -0.05) is 23.7 Å². The first-order chi connectivity index (χ1) is 11.6. The first-order valence-electron chi connectivity index (χ1n) is 8.66. The van der Waals surface area contributed by atoms with Crippen LogP contribution in [-0.2, 0) is 4.74 Å². The van der Waals surface area contributed by atoms with Gasteiger partial charge in [-0.2, -0.15) is 0 Å². The SMILES string of the molecule is COC(C)CN1CC(c2cccc(Cl)c2)N(C2CCNCC2)C1=O. The molecule has 2 aliphatic rings. The molecule has 2 unspecified atom stereocenters. The number of nitrogens with zero attached hydrogens (tertiary/aromatic N) is 2. The predicted octanol–water partition coefficient (Wildman–Crippen LogP) is 2.91. The van der Waals surface area contributed by atoms with Gasteiger partial charge in [0.15, 0.2) is 0 Å². The number of amides is 2. The fraction of sp³-hybridized carbons (Fsp3) is 0.611. The summed E-state index contributed by atoms with van der Waals surface area (Å²) in [7, 11) is 1.68. The van der Waals surface area contributed by atoms with E-state index in [1.807, 2.05) is 30.0 Å². The van der Waals surface area contributed by atoms with Gasteiger partial charge in [0.2, 0.25) is 0 Å². The molecule has 2 amide bonds. The Morgan fingerprint density at radius 1 is 1.38 bits per heavy atom. The third-order valence-electron chi connectivity index (χ3n) is 5.04. The number of halogens is 1. The molecule has 0 bridgehead atoms. The van der Waals surface area contributed by atoms with Gasteiger partial charge in [0.25, 0.3) is 0 Å². The van der Waals surface area contributed by atoms with Crippen molar-refractivity contribution in [3.8, 4) is 0 Å². The molecule has 1 N–H and O–H groups in total. The number of benzene rings is 1. The Morgan fingerprint density at radius 2 is 2.12 bits per heavy atom. The van der Waals surface area contributed by atoms with Crippen LogP contribution in [0.3, 0.4) is 0 Å². The Hall–Kier alpha value is -1.30. The molecule has 2 saturated heterocycles. The molecule has 24 heavy (non-hydrogen) atoms. The second-order valence-electron chi connectivity index (χ2n) is 6.69. The largest absolute Gasteiger partial charge is 0.380 e. The zero-order chi connectivity index (χ0) is 17.1. The number of hydrogen-bond donors (Lipinski definition) is 1. The van der Waals surface area contributed by atoms with Gasteiger partial charge in [0, 0.05) is 31.3 Å². The second kappa shape index (κ2) is 7.72. The lowest BCUT2D eigenvalue weighted by Crippen LogP contribution is -2.46. The molecule has 6 heteroatoms. The zero-order valence-electron chi connectivity index (χ0n) is 14.4. The molecule has 132 valence electrons. The van der Waals surface area contributed by atoms with E-state index in [0.29, 0.717) is 18.1 Å². The molecule has 2 atom stereocenters. The van der Waals surface area contributed by atoms with E-state index in [-0.39, 0.29) is 24.2 Å². The molecule has 0 aromatic heterocycles. The number of nitrogens with one attached hydrogen (secondary N) is 1. The number of carbonyl (C=O) groups excluding carboxylic acids is 1. The Balaban J connectivity index is 1.86. The summed E-state index contributed by atoms with van der Waals surface area (Å²) in [4.78, 5) is 17.1. The van der Waals surface area contributed by atoms with Gasteiger partial charge in [0.1, 0.15) is 0 Å². The average molecular weight is 352 g/mol. The first-order valence-corrected chi connectivity index (χ1v) is 9.04. The van der Waals surface area contributed by atoms with Crippen LogP contribution in [0.15, 0.2) is 24.3 Å². The van der Waals surface area contributed by atoms with Crippen LogP contribution in [0.1, 0.15) is 31.4 Å². The molecule has 2 aliphatic heterocycles. The van der Waals surface area contributed by atoms with Gasteiger partial charge in [0.05, 0.1) is 12.1 Å². The smallest absolute Gasteiger partial charge is 0.321 e. The summed E-state index contributed by atoms with van der Waals surface area (Å²) in [6.45, 7) is 5.23. The summed E-state index contributed by atoms with van der Waals surface area (Å²) in [5.74, 6) is 0. The normalized spacial score (nSPS) is 23.8. The van der Waals surface area contributed by atoms with Crippen molar-refractivity contribution in [3.05, 3.63) is 34.9 Å². The number of carbonyl (C=O) groups is 1. The van der Waals surface area contributed by atoms with Gasteiger partial charge < -0.3 is 19.9 Å². The summed E-state index contributed by atoms with van der Waals surface area (Å²) >= 11 is 6.19. The molecule has 1 aromatic carbocycles. The zero-order valence-corrected chi connectivity index (χ0v) is 15.1.